The lowest BCUT2D eigenvalue weighted by atomic mass is 10.2. The second-order valence-corrected chi connectivity index (χ2v) is 7.41. The van der Waals surface area contributed by atoms with Crippen molar-refractivity contribution in [3.63, 3.8) is 0 Å². The van der Waals surface area contributed by atoms with E-state index in [2.05, 4.69) is 11.8 Å². The van der Waals surface area contributed by atoms with Gasteiger partial charge in [0, 0.05) is 19.6 Å². The van der Waals surface area contributed by atoms with E-state index in [0.717, 1.165) is 38.1 Å². The van der Waals surface area contributed by atoms with Gasteiger partial charge in [-0.2, -0.15) is 4.31 Å². The lowest BCUT2D eigenvalue weighted by Gasteiger charge is -2.27. The summed E-state index contributed by atoms with van der Waals surface area (Å²) in [7, 11) is -2.14. The fourth-order valence-corrected chi connectivity index (χ4v) is 4.14. The maximum absolute atomic E-state index is 13.1. The van der Waals surface area contributed by atoms with Gasteiger partial charge in [0.1, 0.15) is 10.7 Å². The lowest BCUT2D eigenvalue weighted by molar-refractivity contribution is 0.238. The zero-order chi connectivity index (χ0) is 15.6. The molecule has 0 saturated carbocycles. The van der Waals surface area contributed by atoms with Crippen LogP contribution in [-0.2, 0) is 10.0 Å². The minimum Gasteiger partial charge on any atom is -0.398 e. The molecule has 1 fully saturated rings. The van der Waals surface area contributed by atoms with Gasteiger partial charge in [-0.1, -0.05) is 6.92 Å². The highest BCUT2D eigenvalue weighted by Crippen LogP contribution is 2.24. The zero-order valence-corrected chi connectivity index (χ0v) is 13.2. The normalized spacial score (nSPS) is 20.3. The third-order valence-electron chi connectivity index (χ3n) is 4.03. The Balaban J connectivity index is 2.18. The topological polar surface area (TPSA) is 66.6 Å². The molecule has 0 radical (unpaired) electrons. The maximum Gasteiger partial charge on any atom is 0.244 e. The highest BCUT2D eigenvalue weighted by molar-refractivity contribution is 7.89. The first-order valence-corrected chi connectivity index (χ1v) is 8.55. The Labute approximate surface area is 125 Å². The first-order chi connectivity index (χ1) is 9.86. The van der Waals surface area contributed by atoms with Crippen LogP contribution >= 0.6 is 0 Å². The van der Waals surface area contributed by atoms with Gasteiger partial charge < -0.3 is 5.73 Å². The van der Waals surface area contributed by atoms with Crippen LogP contribution in [0.3, 0.4) is 0 Å². The molecule has 0 amide bonds. The molecule has 1 aliphatic heterocycles. The Kier molecular flexibility index (Phi) is 4.85. The molecule has 1 saturated heterocycles. The van der Waals surface area contributed by atoms with Crippen molar-refractivity contribution in [3.8, 4) is 0 Å². The van der Waals surface area contributed by atoms with E-state index >= 15 is 0 Å². The smallest absolute Gasteiger partial charge is 0.244 e. The van der Waals surface area contributed by atoms with Crippen LogP contribution in [0.4, 0.5) is 10.1 Å². The van der Waals surface area contributed by atoms with Crippen LogP contribution in [0.25, 0.3) is 0 Å². The summed E-state index contributed by atoms with van der Waals surface area (Å²) < 4.78 is 39.5. The number of hydrogen-bond acceptors (Lipinski definition) is 4. The van der Waals surface area contributed by atoms with E-state index in [1.807, 2.05) is 0 Å². The molecule has 1 atom stereocenters. The number of anilines is 1. The molecule has 1 unspecified atom stereocenters. The lowest BCUT2D eigenvalue weighted by Crippen LogP contribution is -2.41. The highest BCUT2D eigenvalue weighted by Gasteiger charge is 2.30. The second-order valence-electron chi connectivity index (χ2n) is 5.39. The van der Waals surface area contributed by atoms with Crippen molar-refractivity contribution in [1.29, 1.82) is 0 Å². The van der Waals surface area contributed by atoms with E-state index in [1.165, 1.54) is 10.4 Å². The van der Waals surface area contributed by atoms with Gasteiger partial charge in [-0.3, -0.25) is 4.90 Å². The number of sulfonamides is 1. The average molecular weight is 315 g/mol. The molecule has 21 heavy (non-hydrogen) atoms. The van der Waals surface area contributed by atoms with Crippen molar-refractivity contribution < 1.29 is 12.8 Å². The molecule has 1 aliphatic rings. The first kappa shape index (κ1) is 16.2. The van der Waals surface area contributed by atoms with Gasteiger partial charge in [0.15, 0.2) is 0 Å². The number of likely N-dealkylation sites (tertiary alicyclic amines) is 1. The predicted molar refractivity (Wildman–Crippen MR) is 80.9 cm³/mol. The molecule has 1 aromatic rings. The largest absolute Gasteiger partial charge is 0.398 e. The van der Waals surface area contributed by atoms with Gasteiger partial charge in [-0.25, -0.2) is 12.8 Å². The molecule has 2 rings (SSSR count). The van der Waals surface area contributed by atoms with Crippen LogP contribution < -0.4 is 5.73 Å². The average Bonchev–Trinajstić information content (AvgIpc) is 2.85. The van der Waals surface area contributed by atoms with Crippen molar-refractivity contribution >= 4 is 15.7 Å². The molecule has 5 nitrogen and oxygen atoms in total. The Morgan fingerprint density at radius 2 is 2.19 bits per heavy atom. The summed E-state index contributed by atoms with van der Waals surface area (Å²) in [6, 6.07) is 3.61. The van der Waals surface area contributed by atoms with Crippen molar-refractivity contribution in [2.75, 3.05) is 32.4 Å². The Morgan fingerprint density at radius 3 is 2.81 bits per heavy atom. The van der Waals surface area contributed by atoms with E-state index < -0.39 is 15.8 Å². The quantitative estimate of drug-likeness (QED) is 0.837. The molecule has 0 aliphatic carbocycles. The summed E-state index contributed by atoms with van der Waals surface area (Å²) >= 11 is 0. The minimum atomic E-state index is -3.69. The number of halogens is 1. The van der Waals surface area contributed by atoms with E-state index in [4.69, 9.17) is 5.73 Å². The first-order valence-electron chi connectivity index (χ1n) is 7.11. The van der Waals surface area contributed by atoms with Crippen molar-refractivity contribution in [1.82, 2.24) is 9.21 Å². The monoisotopic (exact) mass is 315 g/mol. The van der Waals surface area contributed by atoms with E-state index in [9.17, 15) is 12.8 Å². The highest BCUT2D eigenvalue weighted by atomic mass is 32.2. The molecule has 1 aromatic carbocycles. The van der Waals surface area contributed by atoms with E-state index in [0.29, 0.717) is 6.54 Å². The van der Waals surface area contributed by atoms with Crippen molar-refractivity contribution in [2.45, 2.75) is 30.7 Å². The number of nitrogen functional groups attached to an aromatic ring is 1. The Morgan fingerprint density at radius 1 is 1.48 bits per heavy atom. The fraction of sp³-hybridized carbons (Fsp3) is 0.571. The van der Waals surface area contributed by atoms with Crippen molar-refractivity contribution in [2.24, 2.45) is 0 Å². The number of nitrogens with zero attached hydrogens (tertiary/aromatic N) is 2. The van der Waals surface area contributed by atoms with Crippen LogP contribution in [0.15, 0.2) is 23.1 Å². The summed E-state index contributed by atoms with van der Waals surface area (Å²) in [6.45, 7) is 4.42. The number of benzene rings is 1. The Hall–Kier alpha value is -1.18. The van der Waals surface area contributed by atoms with Crippen molar-refractivity contribution in [3.05, 3.63) is 24.0 Å². The zero-order valence-electron chi connectivity index (χ0n) is 12.4. The van der Waals surface area contributed by atoms with Gasteiger partial charge in [-0.15, -0.1) is 0 Å². The van der Waals surface area contributed by atoms with Gasteiger partial charge in [0.2, 0.25) is 10.0 Å². The van der Waals surface area contributed by atoms with Crippen LogP contribution in [-0.4, -0.2) is 50.3 Å². The van der Waals surface area contributed by atoms with Crippen LogP contribution in [0.2, 0.25) is 0 Å². The number of nitrogens with two attached hydrogens (primary N) is 1. The van der Waals surface area contributed by atoms with Gasteiger partial charge in [0.05, 0.1) is 5.69 Å². The molecule has 0 bridgehead atoms. The minimum absolute atomic E-state index is 0.0348. The summed E-state index contributed by atoms with van der Waals surface area (Å²) in [6.07, 6.45) is 2.08. The van der Waals surface area contributed by atoms with Gasteiger partial charge in [0.25, 0.3) is 0 Å². The van der Waals surface area contributed by atoms with Gasteiger partial charge in [-0.05, 0) is 44.1 Å². The molecule has 118 valence electrons. The molecule has 0 spiro atoms. The summed E-state index contributed by atoms with van der Waals surface area (Å²) in [5.41, 5.74) is 5.60. The molecule has 2 N–H and O–H groups in total. The standard InChI is InChI=1S/C14H22FN3O2S/c1-3-18-8-4-5-12(18)10-17(2)21(19,20)14-7-6-11(15)9-13(14)16/h6-7,9,12H,3-5,8,10,16H2,1-2H3. The van der Waals surface area contributed by atoms with Gasteiger partial charge >= 0.3 is 0 Å². The number of rotatable bonds is 5. The van der Waals surface area contributed by atoms with E-state index in [-0.39, 0.29) is 16.6 Å². The van der Waals surface area contributed by atoms with Crippen LogP contribution in [0.1, 0.15) is 19.8 Å². The molecule has 0 aromatic heterocycles. The molecular formula is C14H22FN3O2S. The summed E-state index contributed by atoms with van der Waals surface area (Å²) in [5, 5.41) is 0. The van der Waals surface area contributed by atoms with Crippen LogP contribution in [0, 0.1) is 5.82 Å². The summed E-state index contributed by atoms with van der Waals surface area (Å²) in [4.78, 5) is 2.24. The molecular weight excluding hydrogens is 293 g/mol. The summed E-state index contributed by atoms with van der Waals surface area (Å²) in [5.74, 6) is -0.540. The molecule has 1 heterocycles. The third-order valence-corrected chi connectivity index (χ3v) is 5.93. The fourth-order valence-electron chi connectivity index (χ4n) is 2.84. The maximum atomic E-state index is 13.1. The molecule has 7 heteroatoms. The number of likely N-dealkylation sites (N-methyl/N-ethyl adjacent to an activating group) is 2. The number of hydrogen-bond donors (Lipinski definition) is 1. The Bertz CT molecular complexity index is 606. The second kappa shape index (κ2) is 6.29. The third kappa shape index (κ3) is 3.36. The van der Waals surface area contributed by atoms with E-state index in [1.54, 1.807) is 7.05 Å². The van der Waals surface area contributed by atoms with Crippen LogP contribution in [0.5, 0.6) is 0 Å². The SMILES string of the molecule is CCN1CCCC1CN(C)S(=O)(=O)c1ccc(F)cc1N. The predicted octanol–water partition coefficient (Wildman–Crippen LogP) is 1.51.